The molecule has 0 bridgehead atoms. The number of hydrogen-bond donors (Lipinski definition) is 2. The van der Waals surface area contributed by atoms with E-state index < -0.39 is 5.60 Å². The van der Waals surface area contributed by atoms with Gasteiger partial charge < -0.3 is 15.3 Å². The molecule has 0 radical (unpaired) electrons. The first-order chi connectivity index (χ1) is 16.7. The van der Waals surface area contributed by atoms with Crippen LogP contribution in [0.3, 0.4) is 0 Å². The minimum absolute atomic E-state index is 0.0534. The van der Waals surface area contributed by atoms with Crippen LogP contribution < -0.4 is 5.32 Å². The van der Waals surface area contributed by atoms with E-state index in [0.29, 0.717) is 30.7 Å². The van der Waals surface area contributed by atoms with E-state index in [-0.39, 0.29) is 29.1 Å². The van der Waals surface area contributed by atoms with Gasteiger partial charge in [0.25, 0.3) is 5.91 Å². The molecule has 1 aromatic heterocycles. The molecule has 2 N–H and O–H groups in total. The van der Waals surface area contributed by atoms with Crippen molar-refractivity contribution >= 4 is 28.7 Å². The number of allylic oxidation sites excluding steroid dienone is 2. The van der Waals surface area contributed by atoms with Crippen LogP contribution in [-0.2, 0) is 21.0 Å². The molecule has 0 spiro atoms. The van der Waals surface area contributed by atoms with Crippen LogP contribution in [0.2, 0.25) is 0 Å². The number of Topliss-reactive ketones (excluding diaryl/α,β-unsaturated/α-hetero) is 1. The molecule has 1 heterocycles. The van der Waals surface area contributed by atoms with Crippen molar-refractivity contribution in [3.63, 3.8) is 0 Å². The summed E-state index contributed by atoms with van der Waals surface area (Å²) in [6.45, 7) is 6.61. The van der Waals surface area contributed by atoms with E-state index >= 15 is 0 Å². The van der Waals surface area contributed by atoms with Crippen LogP contribution in [0, 0.1) is 28.6 Å². The number of nitrogens with one attached hydrogen (secondary N) is 1. The van der Waals surface area contributed by atoms with Crippen molar-refractivity contribution in [3.05, 3.63) is 34.0 Å². The molecule has 4 aliphatic carbocycles. The van der Waals surface area contributed by atoms with E-state index in [1.165, 1.54) is 5.57 Å². The minimum atomic E-state index is -1.15. The van der Waals surface area contributed by atoms with Crippen molar-refractivity contribution in [1.29, 1.82) is 0 Å². The van der Waals surface area contributed by atoms with Crippen molar-refractivity contribution in [2.24, 2.45) is 33.7 Å². The highest BCUT2D eigenvalue weighted by atomic mass is 32.1. The van der Waals surface area contributed by atoms with Gasteiger partial charge in [0.2, 0.25) is 0 Å². The Morgan fingerprint density at radius 3 is 2.71 bits per heavy atom. The maximum absolute atomic E-state index is 12.4. The largest absolute Gasteiger partial charge is 0.385 e. The predicted octanol–water partition coefficient (Wildman–Crippen LogP) is 5.02. The number of carbonyl (C=O) groups is 2. The Balaban J connectivity index is 1.23. The average Bonchev–Trinajstić information content (AvgIpc) is 3.44. The van der Waals surface area contributed by atoms with Gasteiger partial charge in [-0.25, -0.2) is 0 Å². The summed E-state index contributed by atoms with van der Waals surface area (Å²) in [5, 5.41) is 20.5. The summed E-state index contributed by atoms with van der Waals surface area (Å²) in [7, 11) is 0. The number of amides is 1. The van der Waals surface area contributed by atoms with E-state index in [9.17, 15) is 14.7 Å². The average molecular weight is 499 g/mol. The van der Waals surface area contributed by atoms with E-state index in [2.05, 4.69) is 30.4 Å². The van der Waals surface area contributed by atoms with Gasteiger partial charge in [0.15, 0.2) is 12.4 Å². The molecule has 1 aromatic rings. The van der Waals surface area contributed by atoms with Crippen molar-refractivity contribution < 1.29 is 19.5 Å². The predicted molar refractivity (Wildman–Crippen MR) is 137 cm³/mol. The lowest BCUT2D eigenvalue weighted by Crippen LogP contribution is -2.57. The first kappa shape index (κ1) is 24.7. The Kier molecular flexibility index (Phi) is 6.45. The zero-order valence-corrected chi connectivity index (χ0v) is 22.0. The van der Waals surface area contributed by atoms with Gasteiger partial charge in [0.1, 0.15) is 5.60 Å². The third-order valence-corrected chi connectivity index (χ3v) is 11.0. The molecule has 0 saturated heterocycles. The zero-order chi connectivity index (χ0) is 24.8. The Morgan fingerprint density at radius 1 is 1.17 bits per heavy atom. The fourth-order valence-electron chi connectivity index (χ4n) is 8.06. The second-order valence-corrected chi connectivity index (χ2v) is 12.7. The fraction of sp³-hybridized carbons (Fsp3) is 0.679. The number of nitrogens with zero attached hydrogens (tertiary/aromatic N) is 1. The molecule has 190 valence electrons. The lowest BCUT2D eigenvalue weighted by Gasteiger charge is -2.59. The number of aliphatic hydroxyl groups is 1. The molecule has 6 unspecified atom stereocenters. The minimum Gasteiger partial charge on any atom is -0.385 e. The van der Waals surface area contributed by atoms with Crippen molar-refractivity contribution in [2.75, 3.05) is 6.61 Å². The summed E-state index contributed by atoms with van der Waals surface area (Å²) >= 11 is 1.62. The molecule has 7 heteroatoms. The molecule has 4 aliphatic rings. The maximum atomic E-state index is 12.4. The number of ketones is 1. The van der Waals surface area contributed by atoms with E-state index in [0.717, 1.165) is 55.5 Å². The third kappa shape index (κ3) is 4.08. The summed E-state index contributed by atoms with van der Waals surface area (Å²) in [6.07, 6.45) is 9.79. The standard InChI is InChI=1S/C28H38N2O4S/c1-18(31)28(33)13-10-24-22-7-6-19-15-20(8-11-26(19,2)23(22)9-12-27(24,28)3)30-34-17-25(32)29-16-21-5-4-14-35-21/h4-5,14-15,22-24,33H,6-13,16-17H2,1-3H3,(H,29,32). The van der Waals surface area contributed by atoms with Crippen LogP contribution in [0.15, 0.2) is 34.3 Å². The van der Waals surface area contributed by atoms with Crippen LogP contribution in [0.25, 0.3) is 0 Å². The summed E-state index contributed by atoms with van der Waals surface area (Å²) < 4.78 is 0. The highest BCUT2D eigenvalue weighted by Crippen LogP contribution is 2.67. The second-order valence-electron chi connectivity index (χ2n) is 11.6. The van der Waals surface area contributed by atoms with Gasteiger partial charge in [0, 0.05) is 10.3 Å². The fourth-order valence-corrected chi connectivity index (χ4v) is 8.71. The Labute approximate surface area is 212 Å². The molecule has 35 heavy (non-hydrogen) atoms. The number of oxime groups is 1. The van der Waals surface area contributed by atoms with E-state index in [1.54, 1.807) is 18.3 Å². The van der Waals surface area contributed by atoms with Crippen molar-refractivity contribution in [3.8, 4) is 0 Å². The monoisotopic (exact) mass is 498 g/mol. The zero-order valence-electron chi connectivity index (χ0n) is 21.1. The maximum Gasteiger partial charge on any atom is 0.261 e. The molecule has 6 nitrogen and oxygen atoms in total. The molecule has 0 aromatic carbocycles. The van der Waals surface area contributed by atoms with Crippen molar-refractivity contribution in [1.82, 2.24) is 5.32 Å². The number of rotatable bonds is 6. The SMILES string of the molecule is CC(=O)C1(O)CCC2C3CCC4=CC(=NOCC(=O)NCc5cccs5)CCC4(C)C3CCC21C. The normalized spacial score (nSPS) is 39.3. The Hall–Kier alpha value is -1.99. The Bertz CT molecular complexity index is 1050. The van der Waals surface area contributed by atoms with Gasteiger partial charge in [-0.15, -0.1) is 11.3 Å². The number of fused-ring (bicyclic) bond motifs is 5. The summed E-state index contributed by atoms with van der Waals surface area (Å²) in [6, 6.07) is 3.97. The molecular weight excluding hydrogens is 460 g/mol. The second kappa shape index (κ2) is 9.15. The van der Waals surface area contributed by atoms with Gasteiger partial charge in [-0.05, 0) is 99.0 Å². The summed E-state index contributed by atoms with van der Waals surface area (Å²) in [5.41, 5.74) is 1.07. The van der Waals surface area contributed by atoms with Crippen LogP contribution in [0.5, 0.6) is 0 Å². The number of thiophene rings is 1. The molecule has 3 fully saturated rings. The van der Waals surface area contributed by atoms with Crippen LogP contribution in [-0.4, -0.2) is 34.7 Å². The summed E-state index contributed by atoms with van der Waals surface area (Å²) in [5.74, 6) is 1.34. The van der Waals surface area contributed by atoms with E-state index in [4.69, 9.17) is 4.84 Å². The highest BCUT2D eigenvalue weighted by molar-refractivity contribution is 7.09. The molecule has 6 atom stereocenters. The lowest BCUT2D eigenvalue weighted by atomic mass is 9.46. The van der Waals surface area contributed by atoms with Gasteiger partial charge in [0.05, 0.1) is 12.3 Å². The van der Waals surface area contributed by atoms with E-state index in [1.807, 2.05) is 17.5 Å². The molecule has 3 saturated carbocycles. The smallest absolute Gasteiger partial charge is 0.261 e. The van der Waals surface area contributed by atoms with Crippen LogP contribution in [0.4, 0.5) is 0 Å². The van der Waals surface area contributed by atoms with Crippen LogP contribution in [0.1, 0.15) is 77.0 Å². The van der Waals surface area contributed by atoms with Crippen LogP contribution >= 0.6 is 11.3 Å². The third-order valence-electron chi connectivity index (χ3n) is 10.1. The molecular formula is C28H38N2O4S. The first-order valence-corrected chi connectivity index (χ1v) is 14.0. The molecule has 0 aliphatic heterocycles. The van der Waals surface area contributed by atoms with Gasteiger partial charge >= 0.3 is 0 Å². The van der Waals surface area contributed by atoms with Crippen molar-refractivity contribution in [2.45, 2.75) is 84.3 Å². The molecule has 1 amide bonds. The Morgan fingerprint density at radius 2 is 1.97 bits per heavy atom. The quantitative estimate of drug-likeness (QED) is 0.539. The number of hydrogen-bond acceptors (Lipinski definition) is 6. The van der Waals surface area contributed by atoms with Gasteiger partial charge in [-0.2, -0.15) is 0 Å². The molecule has 5 rings (SSSR count). The highest BCUT2D eigenvalue weighted by Gasteiger charge is 2.65. The topological polar surface area (TPSA) is 88.0 Å². The first-order valence-electron chi connectivity index (χ1n) is 13.1. The summed E-state index contributed by atoms with van der Waals surface area (Å²) in [4.78, 5) is 31.0. The lowest BCUT2D eigenvalue weighted by molar-refractivity contribution is -0.159. The van der Waals surface area contributed by atoms with Gasteiger partial charge in [-0.1, -0.05) is 30.6 Å². The van der Waals surface area contributed by atoms with Gasteiger partial charge in [-0.3, -0.25) is 9.59 Å². The number of carbonyl (C=O) groups excluding carboxylic acids is 2.